The summed E-state index contributed by atoms with van der Waals surface area (Å²) in [7, 11) is 1.20. The lowest BCUT2D eigenvalue weighted by molar-refractivity contribution is -0.145. The van der Waals surface area contributed by atoms with Gasteiger partial charge < -0.3 is 19.9 Å². The van der Waals surface area contributed by atoms with Crippen molar-refractivity contribution in [1.29, 1.82) is 0 Å². The van der Waals surface area contributed by atoms with Crippen LogP contribution < -0.4 is 5.32 Å². The van der Waals surface area contributed by atoms with Gasteiger partial charge >= 0.3 is 12.1 Å². The predicted molar refractivity (Wildman–Crippen MR) is 64.2 cm³/mol. The fourth-order valence-electron chi connectivity index (χ4n) is 2.34. The fourth-order valence-corrected chi connectivity index (χ4v) is 2.34. The first-order chi connectivity index (χ1) is 8.45. The standard InChI is InChI=1S/C12H19NO5/c1-4-12(5-6-18-8(2)7-12)9(10(14)15)13-11(16)17-3/h4,8-9H,1,5-7H2,2-3H3,(H,13,16)(H,14,15)/t8-,9?,12+/m0/s1. The normalized spacial score (nSPS) is 29.1. The van der Waals surface area contributed by atoms with Crippen molar-refractivity contribution in [2.75, 3.05) is 13.7 Å². The second-order valence-corrected chi connectivity index (χ2v) is 4.48. The second-order valence-electron chi connectivity index (χ2n) is 4.48. The Morgan fingerprint density at radius 1 is 1.67 bits per heavy atom. The van der Waals surface area contributed by atoms with Crippen LogP contribution in [0.4, 0.5) is 4.79 Å². The molecule has 102 valence electrons. The summed E-state index contributed by atoms with van der Waals surface area (Å²) in [5.41, 5.74) is -0.711. The third-order valence-corrected chi connectivity index (χ3v) is 3.31. The minimum absolute atomic E-state index is 0.0713. The molecule has 1 unspecified atom stereocenters. The Labute approximate surface area is 106 Å². The van der Waals surface area contributed by atoms with E-state index >= 15 is 0 Å². The molecule has 1 saturated heterocycles. The number of hydrogen-bond donors (Lipinski definition) is 2. The van der Waals surface area contributed by atoms with Crippen molar-refractivity contribution in [3.63, 3.8) is 0 Å². The Kier molecular flexibility index (Phi) is 4.72. The summed E-state index contributed by atoms with van der Waals surface area (Å²) in [4.78, 5) is 22.6. The van der Waals surface area contributed by atoms with Gasteiger partial charge in [-0.25, -0.2) is 9.59 Å². The molecule has 1 aliphatic heterocycles. The molecule has 0 spiro atoms. The van der Waals surface area contributed by atoms with Gasteiger partial charge in [0.1, 0.15) is 6.04 Å². The lowest BCUT2D eigenvalue weighted by Gasteiger charge is -2.41. The van der Waals surface area contributed by atoms with Crippen molar-refractivity contribution in [2.24, 2.45) is 5.41 Å². The molecule has 0 radical (unpaired) electrons. The van der Waals surface area contributed by atoms with Gasteiger partial charge in [-0.1, -0.05) is 6.08 Å². The number of hydrogen-bond acceptors (Lipinski definition) is 4. The number of carbonyl (C=O) groups is 2. The van der Waals surface area contributed by atoms with Crippen LogP contribution in [0.25, 0.3) is 0 Å². The zero-order valence-electron chi connectivity index (χ0n) is 10.6. The Balaban J connectivity index is 2.96. The lowest BCUT2D eigenvalue weighted by atomic mass is 9.72. The van der Waals surface area contributed by atoms with Crippen LogP contribution in [0.15, 0.2) is 12.7 Å². The van der Waals surface area contributed by atoms with Crippen molar-refractivity contribution in [3.8, 4) is 0 Å². The molecule has 1 heterocycles. The van der Waals surface area contributed by atoms with Crippen LogP contribution in [-0.4, -0.2) is 43.0 Å². The molecule has 18 heavy (non-hydrogen) atoms. The summed E-state index contributed by atoms with van der Waals surface area (Å²) < 4.78 is 9.87. The van der Waals surface area contributed by atoms with E-state index in [1.165, 1.54) is 7.11 Å². The number of carbonyl (C=O) groups excluding carboxylic acids is 1. The monoisotopic (exact) mass is 257 g/mol. The molecule has 0 aromatic rings. The minimum atomic E-state index is -1.10. The van der Waals surface area contributed by atoms with E-state index in [4.69, 9.17) is 4.74 Å². The van der Waals surface area contributed by atoms with Gasteiger partial charge in [0.2, 0.25) is 0 Å². The van der Waals surface area contributed by atoms with E-state index in [0.717, 1.165) is 0 Å². The first-order valence-electron chi connectivity index (χ1n) is 5.77. The first kappa shape index (κ1) is 14.5. The van der Waals surface area contributed by atoms with E-state index in [2.05, 4.69) is 16.6 Å². The van der Waals surface area contributed by atoms with Gasteiger partial charge in [-0.2, -0.15) is 0 Å². The molecule has 1 aliphatic rings. The zero-order chi connectivity index (χ0) is 13.8. The average Bonchev–Trinajstić information content (AvgIpc) is 2.34. The molecule has 0 aromatic carbocycles. The summed E-state index contributed by atoms with van der Waals surface area (Å²) in [5.74, 6) is -1.10. The summed E-state index contributed by atoms with van der Waals surface area (Å²) in [5, 5.41) is 11.7. The highest BCUT2D eigenvalue weighted by molar-refractivity contribution is 5.81. The molecule has 1 rings (SSSR count). The largest absolute Gasteiger partial charge is 0.480 e. The molecular weight excluding hydrogens is 238 g/mol. The highest BCUT2D eigenvalue weighted by atomic mass is 16.5. The molecule has 0 saturated carbocycles. The van der Waals surface area contributed by atoms with Crippen LogP contribution in [0, 0.1) is 5.41 Å². The van der Waals surface area contributed by atoms with Gasteiger partial charge in [0.25, 0.3) is 0 Å². The van der Waals surface area contributed by atoms with Gasteiger partial charge in [0.05, 0.1) is 13.2 Å². The van der Waals surface area contributed by atoms with Crippen LogP contribution >= 0.6 is 0 Å². The summed E-state index contributed by atoms with van der Waals surface area (Å²) >= 11 is 0. The van der Waals surface area contributed by atoms with E-state index < -0.39 is 23.5 Å². The Morgan fingerprint density at radius 2 is 2.33 bits per heavy atom. The van der Waals surface area contributed by atoms with E-state index in [1.807, 2.05) is 6.92 Å². The molecule has 6 nitrogen and oxygen atoms in total. The first-order valence-corrected chi connectivity index (χ1v) is 5.77. The predicted octanol–water partition coefficient (Wildman–Crippen LogP) is 1.17. The Bertz CT molecular complexity index is 343. The molecule has 1 amide bonds. The maximum Gasteiger partial charge on any atom is 0.407 e. The van der Waals surface area contributed by atoms with Crippen molar-refractivity contribution >= 4 is 12.1 Å². The van der Waals surface area contributed by atoms with Gasteiger partial charge in [0.15, 0.2) is 0 Å². The van der Waals surface area contributed by atoms with E-state index in [1.54, 1.807) is 6.08 Å². The maximum absolute atomic E-state index is 11.4. The van der Waals surface area contributed by atoms with Gasteiger partial charge in [-0.3, -0.25) is 0 Å². The summed E-state index contributed by atoms with van der Waals surface area (Å²) in [6.07, 6.45) is 1.76. The molecule has 1 fully saturated rings. The van der Waals surface area contributed by atoms with E-state index in [0.29, 0.717) is 19.4 Å². The van der Waals surface area contributed by atoms with E-state index in [9.17, 15) is 14.7 Å². The van der Waals surface area contributed by atoms with Crippen molar-refractivity contribution in [1.82, 2.24) is 5.32 Å². The lowest BCUT2D eigenvalue weighted by Crippen LogP contribution is -2.54. The number of nitrogens with one attached hydrogen (secondary N) is 1. The number of alkyl carbamates (subject to hydrolysis) is 1. The topological polar surface area (TPSA) is 84.9 Å². The number of rotatable bonds is 4. The number of ether oxygens (including phenoxy) is 2. The zero-order valence-corrected chi connectivity index (χ0v) is 10.6. The van der Waals surface area contributed by atoms with Crippen LogP contribution in [-0.2, 0) is 14.3 Å². The van der Waals surface area contributed by atoms with Crippen LogP contribution in [0.1, 0.15) is 19.8 Å². The second kappa shape index (κ2) is 5.86. The highest BCUT2D eigenvalue weighted by Gasteiger charge is 2.45. The number of methoxy groups -OCH3 is 1. The Hall–Kier alpha value is -1.56. The number of carboxylic acid groups (broad SMARTS) is 1. The highest BCUT2D eigenvalue weighted by Crippen LogP contribution is 2.38. The number of amides is 1. The third-order valence-electron chi connectivity index (χ3n) is 3.31. The SMILES string of the molecule is C=C[C@@]1(C(NC(=O)OC)C(=O)O)CCO[C@@H](C)C1. The minimum Gasteiger partial charge on any atom is -0.480 e. The molecule has 0 aliphatic carbocycles. The summed E-state index contributed by atoms with van der Waals surface area (Å²) in [6, 6.07) is -1.06. The molecule has 0 aromatic heterocycles. The molecule has 3 atom stereocenters. The molecule has 2 N–H and O–H groups in total. The molecule has 6 heteroatoms. The van der Waals surface area contributed by atoms with Gasteiger partial charge in [0, 0.05) is 12.0 Å². The number of carboxylic acids is 1. The van der Waals surface area contributed by atoms with Gasteiger partial charge in [-0.05, 0) is 19.8 Å². The summed E-state index contributed by atoms with van der Waals surface area (Å²) in [6.45, 7) is 6.03. The van der Waals surface area contributed by atoms with Crippen molar-refractivity contribution < 1.29 is 24.2 Å². The van der Waals surface area contributed by atoms with Crippen LogP contribution in [0.2, 0.25) is 0 Å². The quantitative estimate of drug-likeness (QED) is 0.738. The van der Waals surface area contributed by atoms with Crippen LogP contribution in [0.5, 0.6) is 0 Å². The maximum atomic E-state index is 11.4. The van der Waals surface area contributed by atoms with Crippen molar-refractivity contribution in [2.45, 2.75) is 31.9 Å². The van der Waals surface area contributed by atoms with Gasteiger partial charge in [-0.15, -0.1) is 6.58 Å². The molecule has 0 bridgehead atoms. The van der Waals surface area contributed by atoms with Crippen LogP contribution in [0.3, 0.4) is 0 Å². The smallest absolute Gasteiger partial charge is 0.407 e. The fraction of sp³-hybridized carbons (Fsp3) is 0.667. The molecular formula is C12H19NO5. The third kappa shape index (κ3) is 3.01. The van der Waals surface area contributed by atoms with Crippen molar-refractivity contribution in [3.05, 3.63) is 12.7 Å². The Morgan fingerprint density at radius 3 is 2.78 bits per heavy atom. The average molecular weight is 257 g/mol. The van der Waals surface area contributed by atoms with E-state index in [-0.39, 0.29) is 6.10 Å². The number of aliphatic carboxylic acids is 1.